The second-order valence-electron chi connectivity index (χ2n) is 9.91. The summed E-state index contributed by atoms with van der Waals surface area (Å²) in [4.78, 5) is 45.5. The van der Waals surface area contributed by atoms with Crippen molar-refractivity contribution < 1.29 is 33.0 Å². The molecule has 2 aliphatic rings. The summed E-state index contributed by atoms with van der Waals surface area (Å²) in [7, 11) is 3.07. The smallest absolute Gasteiger partial charge is 0.338 e. The molecule has 2 unspecified atom stereocenters. The highest BCUT2D eigenvalue weighted by molar-refractivity contribution is 5.96. The molecule has 2 aromatic carbocycles. The molecule has 220 valence electrons. The van der Waals surface area contributed by atoms with Gasteiger partial charge in [-0.3, -0.25) is 14.6 Å². The molecule has 1 N–H and O–H groups in total. The van der Waals surface area contributed by atoms with Gasteiger partial charge in [-0.25, -0.2) is 14.0 Å². The van der Waals surface area contributed by atoms with Crippen molar-refractivity contribution in [3.63, 3.8) is 0 Å². The van der Waals surface area contributed by atoms with Gasteiger partial charge in [0, 0.05) is 55.6 Å². The predicted molar refractivity (Wildman–Crippen MR) is 150 cm³/mol. The average Bonchev–Trinajstić information content (AvgIpc) is 2.97. The minimum absolute atomic E-state index is 0.158. The molecule has 0 radical (unpaired) electrons. The number of piperazine rings is 1. The fourth-order valence-corrected chi connectivity index (χ4v) is 5.40. The van der Waals surface area contributed by atoms with Crippen LogP contribution in [0.2, 0.25) is 0 Å². The minimum Gasteiger partial charge on any atom is -0.497 e. The zero-order valence-electron chi connectivity index (χ0n) is 24.1. The van der Waals surface area contributed by atoms with Crippen molar-refractivity contribution in [1.82, 2.24) is 20.0 Å². The van der Waals surface area contributed by atoms with E-state index in [1.165, 1.54) is 31.4 Å². The quantitative estimate of drug-likeness (QED) is 0.462. The lowest BCUT2D eigenvalue weighted by atomic mass is 9.93. The fourth-order valence-electron chi connectivity index (χ4n) is 5.40. The van der Waals surface area contributed by atoms with Crippen molar-refractivity contribution in [3.8, 4) is 11.5 Å². The molecule has 3 amide bonds. The monoisotopic (exact) mass is 568 g/mol. The predicted octanol–water partition coefficient (Wildman–Crippen LogP) is 3.59. The van der Waals surface area contributed by atoms with Crippen molar-refractivity contribution in [2.45, 2.75) is 32.9 Å². The largest absolute Gasteiger partial charge is 0.497 e. The molecule has 2 heterocycles. The Labute approximate surface area is 239 Å². The maximum absolute atomic E-state index is 13.5. The Morgan fingerprint density at radius 2 is 1.78 bits per heavy atom. The van der Waals surface area contributed by atoms with Gasteiger partial charge in [0.1, 0.15) is 17.3 Å². The van der Waals surface area contributed by atoms with Crippen molar-refractivity contribution >= 4 is 17.9 Å². The topological polar surface area (TPSA) is 101 Å². The Kier molecular flexibility index (Phi) is 9.49. The van der Waals surface area contributed by atoms with Gasteiger partial charge in [0.15, 0.2) is 0 Å². The minimum atomic E-state index is -0.830. The Balaban J connectivity index is 1.68. The summed E-state index contributed by atoms with van der Waals surface area (Å²) in [6, 6.07) is 9.41. The van der Waals surface area contributed by atoms with Crippen LogP contribution in [-0.4, -0.2) is 92.2 Å². The van der Waals surface area contributed by atoms with Gasteiger partial charge in [-0.1, -0.05) is 0 Å². The maximum atomic E-state index is 13.5. The first kappa shape index (κ1) is 29.9. The van der Waals surface area contributed by atoms with E-state index in [1.54, 1.807) is 42.0 Å². The number of urea groups is 1. The molecule has 2 atom stereocenters. The first-order valence-corrected chi connectivity index (χ1v) is 13.7. The van der Waals surface area contributed by atoms with Crippen molar-refractivity contribution in [2.75, 3.05) is 53.6 Å². The van der Waals surface area contributed by atoms with E-state index in [0.29, 0.717) is 66.6 Å². The van der Waals surface area contributed by atoms with Crippen LogP contribution in [-0.2, 0) is 9.53 Å². The van der Waals surface area contributed by atoms with E-state index in [0.717, 1.165) is 0 Å². The second-order valence-corrected chi connectivity index (χ2v) is 9.91. The van der Waals surface area contributed by atoms with Crippen molar-refractivity contribution in [1.29, 1.82) is 0 Å². The van der Waals surface area contributed by atoms with Crippen molar-refractivity contribution in [3.05, 3.63) is 70.7 Å². The van der Waals surface area contributed by atoms with E-state index in [9.17, 15) is 18.8 Å². The summed E-state index contributed by atoms with van der Waals surface area (Å²) >= 11 is 0. The molecule has 10 nitrogen and oxygen atoms in total. The Morgan fingerprint density at radius 3 is 2.39 bits per heavy atom. The summed E-state index contributed by atoms with van der Waals surface area (Å²) in [5, 5.41) is 2.96. The van der Waals surface area contributed by atoms with Gasteiger partial charge in [-0.2, -0.15) is 0 Å². The number of hydrogen-bond acceptors (Lipinski definition) is 7. The fraction of sp³-hybridized carbons (Fsp3) is 0.433. The van der Waals surface area contributed by atoms with Crippen LogP contribution in [0.3, 0.4) is 0 Å². The van der Waals surface area contributed by atoms with Gasteiger partial charge in [0.2, 0.25) is 0 Å². The number of carbonyl (C=O) groups is 3. The summed E-state index contributed by atoms with van der Waals surface area (Å²) in [6.45, 7) is 7.79. The lowest BCUT2D eigenvalue weighted by Gasteiger charge is -2.43. The molecule has 0 bridgehead atoms. The van der Waals surface area contributed by atoms with E-state index < -0.39 is 17.8 Å². The molecule has 1 saturated heterocycles. The van der Waals surface area contributed by atoms with Crippen LogP contribution in [0.15, 0.2) is 53.7 Å². The first-order chi connectivity index (χ1) is 19.7. The van der Waals surface area contributed by atoms with Gasteiger partial charge >= 0.3 is 12.0 Å². The molecule has 0 spiro atoms. The highest BCUT2D eigenvalue weighted by Crippen LogP contribution is 2.38. The summed E-state index contributed by atoms with van der Waals surface area (Å²) < 4.78 is 29.9. The van der Waals surface area contributed by atoms with Crippen molar-refractivity contribution in [2.24, 2.45) is 0 Å². The molecule has 4 rings (SSSR count). The SMILES string of the molecule is CCOC(=O)C1=C(CN2CCN(C(=O)c3ccc(F)cc3)C(C)C2)N(CC)C(=O)NC1c1cc(OC)ccc1OC. The van der Waals surface area contributed by atoms with E-state index >= 15 is 0 Å². The number of nitrogens with one attached hydrogen (secondary N) is 1. The normalized spacial score (nSPS) is 19.6. The molecule has 0 saturated carbocycles. The maximum Gasteiger partial charge on any atom is 0.338 e. The number of nitrogens with zero attached hydrogens (tertiary/aromatic N) is 3. The lowest BCUT2D eigenvalue weighted by Crippen LogP contribution is -2.56. The third kappa shape index (κ3) is 6.30. The van der Waals surface area contributed by atoms with Gasteiger partial charge in [0.25, 0.3) is 5.91 Å². The van der Waals surface area contributed by atoms with Gasteiger partial charge in [-0.05, 0) is 63.2 Å². The van der Waals surface area contributed by atoms with Crippen LogP contribution in [0.5, 0.6) is 11.5 Å². The Hall–Kier alpha value is -4.12. The number of methoxy groups -OCH3 is 2. The number of esters is 1. The number of benzene rings is 2. The molecule has 0 aliphatic carbocycles. The van der Waals surface area contributed by atoms with Gasteiger partial charge in [0.05, 0.1) is 32.4 Å². The number of rotatable bonds is 9. The molecular weight excluding hydrogens is 531 g/mol. The van der Waals surface area contributed by atoms with E-state index in [4.69, 9.17) is 14.2 Å². The molecule has 2 aliphatic heterocycles. The Bertz CT molecular complexity index is 1310. The van der Waals surface area contributed by atoms with Crippen LogP contribution < -0.4 is 14.8 Å². The van der Waals surface area contributed by atoms with E-state index in [2.05, 4.69) is 10.2 Å². The van der Waals surface area contributed by atoms with Crippen LogP contribution in [0, 0.1) is 5.82 Å². The highest BCUT2D eigenvalue weighted by Gasteiger charge is 2.40. The van der Waals surface area contributed by atoms with E-state index in [-0.39, 0.29) is 24.6 Å². The summed E-state index contributed by atoms with van der Waals surface area (Å²) in [5.41, 5.74) is 1.85. The number of likely N-dealkylation sites (N-methyl/N-ethyl adjacent to an activating group) is 1. The number of amides is 3. The molecule has 11 heteroatoms. The Morgan fingerprint density at radius 1 is 1.05 bits per heavy atom. The van der Waals surface area contributed by atoms with Gasteiger partial charge < -0.3 is 24.4 Å². The number of ether oxygens (including phenoxy) is 3. The molecule has 0 aromatic heterocycles. The van der Waals surface area contributed by atoms with Crippen LogP contribution >= 0.6 is 0 Å². The van der Waals surface area contributed by atoms with Crippen LogP contribution in [0.25, 0.3) is 0 Å². The van der Waals surface area contributed by atoms with Crippen LogP contribution in [0.1, 0.15) is 42.7 Å². The summed E-state index contributed by atoms with van der Waals surface area (Å²) in [6.07, 6.45) is 0. The lowest BCUT2D eigenvalue weighted by molar-refractivity contribution is -0.139. The van der Waals surface area contributed by atoms with Gasteiger partial charge in [-0.15, -0.1) is 0 Å². The van der Waals surface area contributed by atoms with Crippen LogP contribution in [0.4, 0.5) is 9.18 Å². The standard InChI is InChI=1S/C30H37FN4O6/c1-6-34-24(18-33-14-15-35(19(3)17-33)28(36)20-8-10-21(31)11-9-20)26(29(37)41-7-2)27(32-30(34)38)23-16-22(39-4)12-13-25(23)40-5/h8-13,16,19,27H,6-7,14-15,17-18H2,1-5H3,(H,32,38). The second kappa shape index (κ2) is 13.0. The zero-order chi connectivity index (χ0) is 29.7. The first-order valence-electron chi connectivity index (χ1n) is 13.7. The average molecular weight is 569 g/mol. The number of halogens is 1. The van der Waals surface area contributed by atoms with E-state index in [1.807, 2.05) is 13.8 Å². The number of carbonyl (C=O) groups excluding carboxylic acids is 3. The molecule has 41 heavy (non-hydrogen) atoms. The number of hydrogen-bond donors (Lipinski definition) is 1. The summed E-state index contributed by atoms with van der Waals surface area (Å²) in [5.74, 6) is -0.0563. The zero-order valence-corrected chi connectivity index (χ0v) is 24.1. The third-order valence-corrected chi connectivity index (χ3v) is 7.43. The third-order valence-electron chi connectivity index (χ3n) is 7.43. The molecular formula is C30H37FN4O6. The molecule has 2 aromatic rings. The highest BCUT2D eigenvalue weighted by atomic mass is 19.1. The molecule has 1 fully saturated rings.